The van der Waals surface area contributed by atoms with Crippen LogP contribution in [0.15, 0.2) is 75.1 Å². The Bertz CT molecular complexity index is 1390. The first-order valence-electron chi connectivity index (χ1n) is 9.55. The molecule has 0 atom stereocenters. The number of thiocarbonyl (C=S) groups is 1. The molecule has 3 rings (SSSR count). The minimum absolute atomic E-state index is 0.0353. The van der Waals surface area contributed by atoms with E-state index >= 15 is 0 Å². The standard InChI is InChI=1S/C20H21N5O5S4/c1-25(2)34(29,30)17-6-3-5-16(13-17)21-20(31)23-22-19(26)14-8-10-15(11-9-14)24-33(27,28)18-7-4-12-32-18/h3-13,24H,1-2H3,(H,22,26)(H2,21,23,31). The average Bonchev–Trinajstić information content (AvgIpc) is 3.34. The number of thiophene rings is 1. The van der Waals surface area contributed by atoms with Crippen LogP contribution in [0.5, 0.6) is 0 Å². The summed E-state index contributed by atoms with van der Waals surface area (Å²) in [5.41, 5.74) is 5.93. The van der Waals surface area contributed by atoms with Gasteiger partial charge >= 0.3 is 0 Å². The van der Waals surface area contributed by atoms with Crippen molar-refractivity contribution in [2.45, 2.75) is 9.10 Å². The number of nitrogens with zero attached hydrogens (tertiary/aromatic N) is 1. The topological polar surface area (TPSA) is 137 Å². The molecule has 10 nitrogen and oxygen atoms in total. The van der Waals surface area contributed by atoms with Gasteiger partial charge in [-0.15, -0.1) is 11.3 Å². The number of sulfonamides is 2. The predicted octanol–water partition coefficient (Wildman–Crippen LogP) is 2.43. The molecular weight excluding hydrogens is 519 g/mol. The molecule has 0 aliphatic rings. The molecule has 0 saturated carbocycles. The second-order valence-electron chi connectivity index (χ2n) is 6.96. The van der Waals surface area contributed by atoms with Crippen LogP contribution in [0, 0.1) is 0 Å². The summed E-state index contributed by atoms with van der Waals surface area (Å²) in [5.74, 6) is -0.513. The molecule has 2 aromatic carbocycles. The third-order valence-corrected chi connectivity index (χ3v) is 9.11. The van der Waals surface area contributed by atoms with Crippen molar-refractivity contribution in [2.75, 3.05) is 24.1 Å². The van der Waals surface area contributed by atoms with Gasteiger partial charge in [-0.05, 0) is 66.1 Å². The van der Waals surface area contributed by atoms with Crippen molar-refractivity contribution in [1.82, 2.24) is 15.2 Å². The Labute approximate surface area is 207 Å². The lowest BCUT2D eigenvalue weighted by Crippen LogP contribution is -2.43. The van der Waals surface area contributed by atoms with E-state index in [1.165, 1.54) is 56.6 Å². The number of hydrazine groups is 1. The molecule has 34 heavy (non-hydrogen) atoms. The highest BCUT2D eigenvalue weighted by atomic mass is 32.2. The number of anilines is 2. The third-order valence-electron chi connectivity index (χ3n) is 4.32. The van der Waals surface area contributed by atoms with Crippen molar-refractivity contribution >= 4 is 66.0 Å². The fourth-order valence-corrected chi connectivity index (χ4v) is 5.77. The fourth-order valence-electron chi connectivity index (χ4n) is 2.60. The summed E-state index contributed by atoms with van der Waals surface area (Å²) in [6.07, 6.45) is 0. The van der Waals surface area contributed by atoms with E-state index in [1.807, 2.05) is 0 Å². The highest BCUT2D eigenvalue weighted by Gasteiger charge is 2.18. The Balaban J connectivity index is 1.56. The molecule has 180 valence electrons. The lowest BCUT2D eigenvalue weighted by atomic mass is 10.2. The number of carbonyl (C=O) groups is 1. The van der Waals surface area contributed by atoms with E-state index in [0.29, 0.717) is 11.4 Å². The maximum absolute atomic E-state index is 12.4. The van der Waals surface area contributed by atoms with Gasteiger partial charge in [0.05, 0.1) is 4.90 Å². The first-order valence-corrected chi connectivity index (χ1v) is 13.8. The minimum atomic E-state index is -3.68. The molecule has 1 heterocycles. The second-order valence-corrected chi connectivity index (χ2v) is 12.4. The first-order chi connectivity index (χ1) is 16.0. The molecule has 1 amide bonds. The molecule has 3 aromatic rings. The van der Waals surface area contributed by atoms with Crippen LogP contribution in [-0.2, 0) is 20.0 Å². The van der Waals surface area contributed by atoms with Gasteiger partial charge in [0.2, 0.25) is 10.0 Å². The maximum atomic E-state index is 12.4. The zero-order valence-electron chi connectivity index (χ0n) is 18.0. The number of benzene rings is 2. The number of amides is 1. The Morgan fingerprint density at radius 2 is 1.62 bits per heavy atom. The van der Waals surface area contributed by atoms with E-state index in [1.54, 1.807) is 23.6 Å². The molecule has 14 heteroatoms. The van der Waals surface area contributed by atoms with Gasteiger partial charge in [-0.2, -0.15) is 0 Å². The summed E-state index contributed by atoms with van der Waals surface area (Å²) < 4.78 is 52.8. The maximum Gasteiger partial charge on any atom is 0.271 e. The summed E-state index contributed by atoms with van der Waals surface area (Å²) in [6.45, 7) is 0. The van der Waals surface area contributed by atoms with Crippen LogP contribution in [-0.4, -0.2) is 46.3 Å². The lowest BCUT2D eigenvalue weighted by molar-refractivity contribution is 0.0944. The molecule has 1 aromatic heterocycles. The summed E-state index contributed by atoms with van der Waals surface area (Å²) in [6, 6.07) is 15.0. The van der Waals surface area contributed by atoms with Gasteiger partial charge in [-0.25, -0.2) is 21.1 Å². The third kappa shape index (κ3) is 6.30. The summed E-state index contributed by atoms with van der Waals surface area (Å²) >= 11 is 6.24. The molecule has 0 aliphatic heterocycles. The van der Waals surface area contributed by atoms with Gasteiger partial charge in [-0.3, -0.25) is 20.4 Å². The van der Waals surface area contributed by atoms with Crippen molar-refractivity contribution in [1.29, 1.82) is 0 Å². The molecule has 0 radical (unpaired) electrons. The summed E-state index contributed by atoms with van der Waals surface area (Å²) in [7, 11) is -4.42. The Morgan fingerprint density at radius 3 is 2.24 bits per heavy atom. The Kier molecular flexibility index (Phi) is 7.89. The molecule has 0 unspecified atom stereocenters. The molecule has 4 N–H and O–H groups in total. The monoisotopic (exact) mass is 539 g/mol. The number of nitrogens with one attached hydrogen (secondary N) is 4. The number of rotatable bonds is 7. The van der Waals surface area contributed by atoms with E-state index in [-0.39, 0.29) is 19.8 Å². The highest BCUT2D eigenvalue weighted by molar-refractivity contribution is 7.94. The van der Waals surface area contributed by atoms with Crippen molar-refractivity contribution in [3.05, 3.63) is 71.6 Å². The SMILES string of the molecule is CN(C)S(=O)(=O)c1cccc(NC(=S)NNC(=O)c2ccc(NS(=O)(=O)c3cccs3)cc2)c1. The van der Waals surface area contributed by atoms with Gasteiger partial charge in [0.15, 0.2) is 5.11 Å². The average molecular weight is 540 g/mol. The van der Waals surface area contributed by atoms with E-state index < -0.39 is 26.0 Å². The van der Waals surface area contributed by atoms with E-state index in [0.717, 1.165) is 15.6 Å². The number of hydrogen-bond acceptors (Lipinski definition) is 7. The van der Waals surface area contributed by atoms with Crippen molar-refractivity contribution in [3.8, 4) is 0 Å². The quantitative estimate of drug-likeness (QED) is 0.265. The molecular formula is C20H21N5O5S4. The van der Waals surface area contributed by atoms with Gasteiger partial charge in [0, 0.05) is 31.0 Å². The van der Waals surface area contributed by atoms with Gasteiger partial charge in [0.1, 0.15) is 4.21 Å². The first kappa shape index (κ1) is 25.6. The molecule has 0 fully saturated rings. The minimum Gasteiger partial charge on any atom is -0.331 e. The van der Waals surface area contributed by atoms with Gasteiger partial charge in [-0.1, -0.05) is 12.1 Å². The Morgan fingerprint density at radius 1 is 0.912 bits per heavy atom. The van der Waals surface area contributed by atoms with Crippen LogP contribution in [0.2, 0.25) is 0 Å². The predicted molar refractivity (Wildman–Crippen MR) is 136 cm³/mol. The normalized spacial score (nSPS) is 11.6. The molecule has 0 bridgehead atoms. The zero-order valence-corrected chi connectivity index (χ0v) is 21.2. The van der Waals surface area contributed by atoms with E-state index in [2.05, 4.69) is 20.9 Å². The van der Waals surface area contributed by atoms with E-state index in [9.17, 15) is 21.6 Å². The lowest BCUT2D eigenvalue weighted by Gasteiger charge is -2.14. The largest absolute Gasteiger partial charge is 0.331 e. The zero-order chi connectivity index (χ0) is 24.9. The smallest absolute Gasteiger partial charge is 0.271 e. The summed E-state index contributed by atoms with van der Waals surface area (Å²) in [5, 5.41) is 4.49. The van der Waals surface area contributed by atoms with Gasteiger partial charge in [0.25, 0.3) is 15.9 Å². The highest BCUT2D eigenvalue weighted by Crippen LogP contribution is 2.20. The van der Waals surface area contributed by atoms with Crippen LogP contribution in [0.4, 0.5) is 11.4 Å². The van der Waals surface area contributed by atoms with Crippen molar-refractivity contribution < 1.29 is 21.6 Å². The van der Waals surface area contributed by atoms with E-state index in [4.69, 9.17) is 12.2 Å². The summed E-state index contributed by atoms with van der Waals surface area (Å²) in [4.78, 5) is 12.4. The van der Waals surface area contributed by atoms with Crippen LogP contribution in [0.3, 0.4) is 0 Å². The van der Waals surface area contributed by atoms with Gasteiger partial charge < -0.3 is 5.32 Å². The van der Waals surface area contributed by atoms with Crippen LogP contribution < -0.4 is 20.9 Å². The van der Waals surface area contributed by atoms with Crippen LogP contribution >= 0.6 is 23.6 Å². The number of carbonyl (C=O) groups excluding carboxylic acids is 1. The molecule has 0 aliphatic carbocycles. The second kappa shape index (κ2) is 10.5. The van der Waals surface area contributed by atoms with Crippen LogP contribution in [0.1, 0.15) is 10.4 Å². The fraction of sp³-hybridized carbons (Fsp3) is 0.100. The Hall–Kier alpha value is -3.04. The molecule has 0 spiro atoms. The molecule has 0 saturated heterocycles. The number of hydrogen-bond donors (Lipinski definition) is 4. The van der Waals surface area contributed by atoms with Crippen molar-refractivity contribution in [2.24, 2.45) is 0 Å². The van der Waals surface area contributed by atoms with Crippen molar-refractivity contribution in [3.63, 3.8) is 0 Å². The van der Waals surface area contributed by atoms with Crippen LogP contribution in [0.25, 0.3) is 0 Å².